The second kappa shape index (κ2) is 7.18. The third kappa shape index (κ3) is 3.34. The second-order valence-electron chi connectivity index (χ2n) is 6.32. The predicted octanol–water partition coefficient (Wildman–Crippen LogP) is 3.23. The minimum Gasteiger partial charge on any atom is -0.494 e. The van der Waals surface area contributed by atoms with E-state index in [1.807, 2.05) is 32.0 Å². The van der Waals surface area contributed by atoms with Crippen LogP contribution in [-0.4, -0.2) is 37.1 Å². The van der Waals surface area contributed by atoms with Crippen molar-refractivity contribution in [1.29, 1.82) is 0 Å². The van der Waals surface area contributed by atoms with Crippen molar-refractivity contribution in [3.8, 4) is 11.4 Å². The van der Waals surface area contributed by atoms with E-state index in [1.165, 1.54) is 23.3 Å². The highest BCUT2D eigenvalue weighted by molar-refractivity contribution is 5.94. The van der Waals surface area contributed by atoms with Crippen molar-refractivity contribution >= 4 is 16.7 Å². The zero-order chi connectivity index (χ0) is 19.7. The third-order valence-corrected chi connectivity index (χ3v) is 4.34. The lowest BCUT2D eigenvalue weighted by Gasteiger charge is -2.16. The Balaban J connectivity index is 1.78. The first-order valence-electron chi connectivity index (χ1n) is 8.66. The number of aryl methyl sites for hydroxylation is 1. The summed E-state index contributed by atoms with van der Waals surface area (Å²) in [5.41, 5.74) is 2.91. The highest BCUT2D eigenvalue weighted by Crippen LogP contribution is 2.32. The van der Waals surface area contributed by atoms with Gasteiger partial charge in [-0.05, 0) is 32.0 Å². The molecule has 0 bridgehead atoms. The van der Waals surface area contributed by atoms with Crippen LogP contribution in [0.3, 0.4) is 0 Å². The van der Waals surface area contributed by atoms with E-state index in [-0.39, 0.29) is 6.04 Å². The van der Waals surface area contributed by atoms with Gasteiger partial charge in [0, 0.05) is 23.7 Å². The number of methoxy groups -OCH3 is 1. The molecule has 0 aliphatic heterocycles. The minimum atomic E-state index is -0.562. The van der Waals surface area contributed by atoms with Gasteiger partial charge in [0.05, 0.1) is 30.2 Å². The van der Waals surface area contributed by atoms with E-state index in [4.69, 9.17) is 4.74 Å². The zero-order valence-corrected chi connectivity index (χ0v) is 15.6. The maximum Gasteiger partial charge on any atom is 0.233 e. The second-order valence-corrected chi connectivity index (χ2v) is 6.32. The van der Waals surface area contributed by atoms with E-state index < -0.39 is 5.95 Å². The Morgan fingerprint density at radius 1 is 1.14 bits per heavy atom. The molecule has 0 spiro atoms. The summed E-state index contributed by atoms with van der Waals surface area (Å²) < 4.78 is 20.3. The van der Waals surface area contributed by atoms with Crippen LogP contribution in [-0.2, 0) is 0 Å². The molecule has 3 heterocycles. The molecule has 9 heteroatoms. The van der Waals surface area contributed by atoms with Crippen LogP contribution < -0.4 is 10.1 Å². The van der Waals surface area contributed by atoms with Crippen molar-refractivity contribution in [3.63, 3.8) is 0 Å². The quantitative estimate of drug-likeness (QED) is 0.569. The van der Waals surface area contributed by atoms with Gasteiger partial charge < -0.3 is 10.1 Å². The van der Waals surface area contributed by atoms with Crippen LogP contribution in [0.4, 0.5) is 10.2 Å². The van der Waals surface area contributed by atoms with Gasteiger partial charge in [0.1, 0.15) is 23.4 Å². The van der Waals surface area contributed by atoms with Gasteiger partial charge in [0.2, 0.25) is 5.95 Å². The number of nitrogens with zero attached hydrogens (tertiary/aromatic N) is 6. The van der Waals surface area contributed by atoms with Crippen molar-refractivity contribution in [2.45, 2.75) is 19.9 Å². The van der Waals surface area contributed by atoms with Gasteiger partial charge in [0.15, 0.2) is 0 Å². The number of fused-ring (bicyclic) bond motifs is 1. The number of anilines is 1. The van der Waals surface area contributed by atoms with Gasteiger partial charge in [-0.3, -0.25) is 0 Å². The van der Waals surface area contributed by atoms with E-state index >= 15 is 0 Å². The molecule has 0 saturated heterocycles. The number of hydrogen-bond acceptors (Lipinski definition) is 7. The van der Waals surface area contributed by atoms with E-state index in [9.17, 15) is 4.39 Å². The lowest BCUT2D eigenvalue weighted by Crippen LogP contribution is -2.11. The Kier molecular flexibility index (Phi) is 4.56. The zero-order valence-electron chi connectivity index (χ0n) is 15.6. The first-order valence-corrected chi connectivity index (χ1v) is 8.66. The van der Waals surface area contributed by atoms with Crippen LogP contribution in [0.15, 0.2) is 42.9 Å². The van der Waals surface area contributed by atoms with Crippen LogP contribution in [0.25, 0.3) is 16.6 Å². The molecule has 4 rings (SSSR count). The van der Waals surface area contributed by atoms with Gasteiger partial charge in [-0.25, -0.2) is 14.6 Å². The van der Waals surface area contributed by atoms with Crippen molar-refractivity contribution < 1.29 is 9.13 Å². The molecule has 3 aromatic heterocycles. The molecule has 0 aliphatic rings. The predicted molar refractivity (Wildman–Crippen MR) is 102 cm³/mol. The molecule has 1 atom stereocenters. The number of ether oxygens (including phenoxy) is 1. The molecule has 8 nitrogen and oxygen atoms in total. The molecule has 142 valence electrons. The molecular formula is C19H18FN7O. The molecule has 1 unspecified atom stereocenters. The van der Waals surface area contributed by atoms with Crippen LogP contribution in [0, 0.1) is 12.9 Å². The van der Waals surface area contributed by atoms with Gasteiger partial charge in [-0.15, -0.1) is 5.10 Å². The van der Waals surface area contributed by atoms with Crippen molar-refractivity contribution in [1.82, 2.24) is 29.9 Å². The number of benzene rings is 1. The standard InChI is InChI=1S/C19H18FN7O/c1-11-4-5-15(25-24-11)12(2)23-19-14-8-13(27-7-6-17(20)26-27)9-16(28-3)18(14)21-10-22-19/h4-10,12H,1-3H3,(H,21,22,23). The largest absolute Gasteiger partial charge is 0.494 e. The van der Waals surface area contributed by atoms with Gasteiger partial charge in [0.25, 0.3) is 0 Å². The number of halogens is 1. The Labute approximate surface area is 160 Å². The monoisotopic (exact) mass is 379 g/mol. The first-order chi connectivity index (χ1) is 13.5. The van der Waals surface area contributed by atoms with Crippen molar-refractivity contribution in [2.24, 2.45) is 0 Å². The fourth-order valence-electron chi connectivity index (χ4n) is 2.89. The molecule has 0 amide bonds. The summed E-state index contributed by atoms with van der Waals surface area (Å²) in [6.45, 7) is 3.86. The average molecular weight is 379 g/mol. The Morgan fingerprint density at radius 3 is 2.68 bits per heavy atom. The summed E-state index contributed by atoms with van der Waals surface area (Å²) in [7, 11) is 1.56. The van der Waals surface area contributed by atoms with Crippen molar-refractivity contribution in [3.05, 3.63) is 60.2 Å². The van der Waals surface area contributed by atoms with Crippen LogP contribution >= 0.6 is 0 Å². The normalized spacial score (nSPS) is 12.1. The third-order valence-electron chi connectivity index (χ3n) is 4.34. The summed E-state index contributed by atoms with van der Waals surface area (Å²) in [6.07, 6.45) is 3.01. The Hall–Kier alpha value is -3.62. The van der Waals surface area contributed by atoms with Gasteiger partial charge in [-0.1, -0.05) is 0 Å². The minimum absolute atomic E-state index is 0.136. The summed E-state index contributed by atoms with van der Waals surface area (Å²) in [5, 5.41) is 16.2. The molecule has 0 fully saturated rings. The molecule has 28 heavy (non-hydrogen) atoms. The summed E-state index contributed by atoms with van der Waals surface area (Å²) in [5.74, 6) is 0.581. The summed E-state index contributed by atoms with van der Waals surface area (Å²) in [6, 6.07) is 8.56. The molecule has 0 aliphatic carbocycles. The Bertz CT molecular complexity index is 1130. The van der Waals surface area contributed by atoms with Crippen LogP contribution in [0.2, 0.25) is 0 Å². The molecule has 0 radical (unpaired) electrons. The number of hydrogen-bond donors (Lipinski definition) is 1. The topological polar surface area (TPSA) is 90.6 Å². The van der Waals surface area contributed by atoms with E-state index in [0.717, 1.165) is 16.8 Å². The van der Waals surface area contributed by atoms with Gasteiger partial charge >= 0.3 is 0 Å². The smallest absolute Gasteiger partial charge is 0.233 e. The number of rotatable bonds is 5. The van der Waals surface area contributed by atoms with Crippen molar-refractivity contribution in [2.75, 3.05) is 12.4 Å². The molecule has 1 N–H and O–H groups in total. The number of nitrogens with one attached hydrogen (secondary N) is 1. The SMILES string of the molecule is COc1cc(-n2ccc(F)n2)cc2c(NC(C)c3ccc(C)nn3)ncnc12. The van der Waals surface area contributed by atoms with Crippen LogP contribution in [0.5, 0.6) is 5.75 Å². The number of aromatic nitrogens is 6. The highest BCUT2D eigenvalue weighted by atomic mass is 19.1. The highest BCUT2D eigenvalue weighted by Gasteiger charge is 2.15. The Morgan fingerprint density at radius 2 is 2.00 bits per heavy atom. The molecule has 1 aromatic carbocycles. The first kappa shape index (κ1) is 17.8. The lowest BCUT2D eigenvalue weighted by molar-refractivity contribution is 0.418. The average Bonchev–Trinajstić information content (AvgIpc) is 3.14. The maximum atomic E-state index is 13.4. The van der Waals surface area contributed by atoms with Gasteiger partial charge in [-0.2, -0.15) is 14.6 Å². The van der Waals surface area contributed by atoms with Crippen LogP contribution in [0.1, 0.15) is 24.4 Å². The van der Waals surface area contributed by atoms with E-state index in [2.05, 4.69) is 30.6 Å². The molecule has 4 aromatic rings. The summed E-state index contributed by atoms with van der Waals surface area (Å²) in [4.78, 5) is 8.71. The fourth-order valence-corrected chi connectivity index (χ4v) is 2.89. The fraction of sp³-hybridized carbons (Fsp3) is 0.211. The van der Waals surface area contributed by atoms with E-state index in [1.54, 1.807) is 13.2 Å². The summed E-state index contributed by atoms with van der Waals surface area (Å²) >= 11 is 0. The maximum absolute atomic E-state index is 13.4. The van der Waals surface area contributed by atoms with E-state index in [0.29, 0.717) is 22.8 Å². The lowest BCUT2D eigenvalue weighted by atomic mass is 10.1. The molecule has 0 saturated carbocycles. The molecular weight excluding hydrogens is 361 g/mol.